The second-order valence-electron chi connectivity index (χ2n) is 7.46. The summed E-state index contributed by atoms with van der Waals surface area (Å²) in [6.07, 6.45) is 0. The highest BCUT2D eigenvalue weighted by Crippen LogP contribution is 2.38. The molecule has 0 radical (unpaired) electrons. The zero-order chi connectivity index (χ0) is 23.4. The molecule has 0 saturated carbocycles. The second kappa shape index (κ2) is 9.75. The van der Waals surface area contributed by atoms with Crippen molar-refractivity contribution < 1.29 is 29.1 Å². The van der Waals surface area contributed by atoms with E-state index in [-0.39, 0.29) is 12.2 Å². The summed E-state index contributed by atoms with van der Waals surface area (Å²) in [4.78, 5) is 37.3. The molecule has 1 unspecified atom stereocenters. The molecule has 1 atom stereocenters. The SMILES string of the molecule is CCN(CC)C(CN(CC(=O)O)CC(=O)O)c1cc2c(cc1[N+](=O)[O-])oc1ccccc12. The van der Waals surface area contributed by atoms with Gasteiger partial charge in [-0.25, -0.2) is 0 Å². The Hall–Kier alpha value is -3.50. The minimum absolute atomic E-state index is 0.00239. The number of rotatable bonds is 11. The molecule has 32 heavy (non-hydrogen) atoms. The van der Waals surface area contributed by atoms with Gasteiger partial charge in [-0.15, -0.1) is 0 Å². The number of nitro groups is 1. The topological polar surface area (TPSA) is 137 Å². The molecule has 3 rings (SSSR count). The normalized spacial score (nSPS) is 12.6. The smallest absolute Gasteiger partial charge is 0.317 e. The molecule has 0 aliphatic rings. The molecule has 0 bridgehead atoms. The van der Waals surface area contributed by atoms with Crippen molar-refractivity contribution in [2.45, 2.75) is 19.9 Å². The zero-order valence-electron chi connectivity index (χ0n) is 17.9. The minimum atomic E-state index is -1.17. The van der Waals surface area contributed by atoms with Gasteiger partial charge in [0.15, 0.2) is 0 Å². The molecule has 0 fully saturated rings. The van der Waals surface area contributed by atoms with Gasteiger partial charge in [0.2, 0.25) is 0 Å². The van der Waals surface area contributed by atoms with Crippen molar-refractivity contribution in [3.05, 3.63) is 52.1 Å². The lowest BCUT2D eigenvalue weighted by Crippen LogP contribution is -2.42. The van der Waals surface area contributed by atoms with Crippen LogP contribution < -0.4 is 0 Å². The number of aliphatic carboxylic acids is 2. The molecule has 1 heterocycles. The Bertz CT molecular complexity index is 1140. The van der Waals surface area contributed by atoms with Crippen LogP contribution in [0.2, 0.25) is 0 Å². The summed E-state index contributed by atoms with van der Waals surface area (Å²) >= 11 is 0. The van der Waals surface area contributed by atoms with Gasteiger partial charge in [-0.3, -0.25) is 29.5 Å². The van der Waals surface area contributed by atoms with Gasteiger partial charge in [-0.2, -0.15) is 0 Å². The molecule has 0 amide bonds. The highest BCUT2D eigenvalue weighted by molar-refractivity contribution is 6.05. The number of hydrogen-bond acceptors (Lipinski definition) is 7. The first-order chi connectivity index (χ1) is 15.2. The molecule has 170 valence electrons. The van der Waals surface area contributed by atoms with Gasteiger partial charge in [-0.1, -0.05) is 32.0 Å². The summed E-state index contributed by atoms with van der Waals surface area (Å²) in [5, 5.41) is 32.0. The van der Waals surface area contributed by atoms with Gasteiger partial charge >= 0.3 is 11.9 Å². The standard InChI is InChI=1S/C22H25N3O7/c1-3-24(4-2)18(11-23(12-21(26)27)13-22(28)29)16-9-15-14-7-5-6-8-19(14)32-20(15)10-17(16)25(30)31/h5-10,18H,3-4,11-13H2,1-2H3,(H,26,27)(H,28,29). The summed E-state index contributed by atoms with van der Waals surface area (Å²) in [6, 6.07) is 9.81. The van der Waals surface area contributed by atoms with Gasteiger partial charge in [-0.05, 0) is 25.2 Å². The number of para-hydroxylation sites is 1. The number of furan rings is 1. The van der Waals surface area contributed by atoms with Crippen LogP contribution in [0.4, 0.5) is 5.69 Å². The maximum atomic E-state index is 12.0. The highest BCUT2D eigenvalue weighted by atomic mass is 16.6. The molecule has 2 aromatic carbocycles. The molecular formula is C22H25N3O7. The third kappa shape index (κ3) is 4.87. The van der Waals surface area contributed by atoms with Gasteiger partial charge in [0.1, 0.15) is 11.2 Å². The molecule has 0 saturated heterocycles. The van der Waals surface area contributed by atoms with Crippen molar-refractivity contribution in [3.8, 4) is 0 Å². The van der Waals surface area contributed by atoms with E-state index in [1.807, 2.05) is 36.9 Å². The van der Waals surface area contributed by atoms with Crippen LogP contribution >= 0.6 is 0 Å². The Morgan fingerprint density at radius 1 is 1.03 bits per heavy atom. The summed E-state index contributed by atoms with van der Waals surface area (Å²) in [5.74, 6) is -2.34. The Balaban J connectivity index is 2.19. The number of benzene rings is 2. The predicted molar refractivity (Wildman–Crippen MR) is 118 cm³/mol. The fraction of sp³-hybridized carbons (Fsp3) is 0.364. The second-order valence-corrected chi connectivity index (χ2v) is 7.46. The first kappa shape index (κ1) is 23.2. The lowest BCUT2D eigenvalue weighted by Gasteiger charge is -2.33. The molecular weight excluding hydrogens is 418 g/mol. The van der Waals surface area contributed by atoms with E-state index in [0.29, 0.717) is 35.2 Å². The van der Waals surface area contributed by atoms with Crippen LogP contribution in [0.15, 0.2) is 40.8 Å². The highest BCUT2D eigenvalue weighted by Gasteiger charge is 2.31. The third-order valence-corrected chi connectivity index (χ3v) is 5.48. The van der Waals surface area contributed by atoms with Crippen LogP contribution in [0.5, 0.6) is 0 Å². The summed E-state index contributed by atoms with van der Waals surface area (Å²) < 4.78 is 5.79. The molecule has 3 aromatic rings. The third-order valence-electron chi connectivity index (χ3n) is 5.48. The number of carboxylic acid groups (broad SMARTS) is 2. The van der Waals surface area contributed by atoms with E-state index >= 15 is 0 Å². The van der Waals surface area contributed by atoms with Gasteiger partial charge in [0.25, 0.3) is 5.69 Å². The molecule has 10 nitrogen and oxygen atoms in total. The number of carboxylic acids is 2. The monoisotopic (exact) mass is 443 g/mol. The number of carbonyl (C=O) groups is 2. The molecule has 1 aromatic heterocycles. The fourth-order valence-corrected chi connectivity index (χ4v) is 4.09. The van der Waals surface area contributed by atoms with E-state index in [2.05, 4.69) is 0 Å². The van der Waals surface area contributed by atoms with E-state index in [0.717, 1.165) is 5.39 Å². The van der Waals surface area contributed by atoms with Gasteiger partial charge in [0.05, 0.1) is 30.1 Å². The molecule has 2 N–H and O–H groups in total. The van der Waals surface area contributed by atoms with Crippen molar-refractivity contribution in [3.63, 3.8) is 0 Å². The molecule has 10 heteroatoms. The van der Waals surface area contributed by atoms with E-state index in [4.69, 9.17) is 4.42 Å². The lowest BCUT2D eigenvalue weighted by molar-refractivity contribution is -0.385. The van der Waals surface area contributed by atoms with Gasteiger partial charge in [0, 0.05) is 22.9 Å². The van der Waals surface area contributed by atoms with Crippen LogP contribution in [0, 0.1) is 10.1 Å². The van der Waals surface area contributed by atoms with Crippen LogP contribution in [0.1, 0.15) is 25.5 Å². The maximum absolute atomic E-state index is 12.0. The molecule has 0 aliphatic carbocycles. The largest absolute Gasteiger partial charge is 0.480 e. The number of nitro benzene ring substituents is 1. The minimum Gasteiger partial charge on any atom is -0.480 e. The first-order valence-electron chi connectivity index (χ1n) is 10.2. The van der Waals surface area contributed by atoms with Crippen LogP contribution in [-0.2, 0) is 9.59 Å². The summed E-state index contributed by atoms with van der Waals surface area (Å²) in [7, 11) is 0. The van der Waals surface area contributed by atoms with Crippen LogP contribution in [0.25, 0.3) is 21.9 Å². The number of hydrogen-bond donors (Lipinski definition) is 2. The predicted octanol–water partition coefficient (Wildman–Crippen LogP) is 3.35. The Labute approximate surface area is 183 Å². The van der Waals surface area contributed by atoms with E-state index in [9.17, 15) is 29.9 Å². The maximum Gasteiger partial charge on any atom is 0.317 e. The lowest BCUT2D eigenvalue weighted by atomic mass is 9.99. The van der Waals surface area contributed by atoms with E-state index in [1.54, 1.807) is 12.1 Å². The Morgan fingerprint density at radius 3 is 2.22 bits per heavy atom. The van der Waals surface area contributed by atoms with Crippen LogP contribution in [0.3, 0.4) is 0 Å². The van der Waals surface area contributed by atoms with Crippen LogP contribution in [-0.4, -0.2) is 69.6 Å². The van der Waals surface area contributed by atoms with E-state index in [1.165, 1.54) is 11.0 Å². The van der Waals surface area contributed by atoms with Crippen molar-refractivity contribution in [2.75, 3.05) is 32.7 Å². The Kier molecular flexibility index (Phi) is 7.06. The fourth-order valence-electron chi connectivity index (χ4n) is 4.09. The Morgan fingerprint density at radius 2 is 1.66 bits per heavy atom. The number of likely N-dealkylation sites (N-methyl/N-ethyl adjacent to an activating group) is 1. The quantitative estimate of drug-likeness (QED) is 0.337. The summed E-state index contributed by atoms with van der Waals surface area (Å²) in [5.41, 5.74) is 1.22. The van der Waals surface area contributed by atoms with Gasteiger partial charge < -0.3 is 14.6 Å². The van der Waals surface area contributed by atoms with Crippen molar-refractivity contribution >= 4 is 39.6 Å². The number of nitrogens with zero attached hydrogens (tertiary/aromatic N) is 3. The first-order valence-corrected chi connectivity index (χ1v) is 10.2. The average Bonchev–Trinajstić information content (AvgIpc) is 3.09. The molecule has 0 aliphatic heterocycles. The number of fused-ring (bicyclic) bond motifs is 3. The molecule has 0 spiro atoms. The van der Waals surface area contributed by atoms with Crippen molar-refractivity contribution in [1.82, 2.24) is 9.80 Å². The van der Waals surface area contributed by atoms with Crippen molar-refractivity contribution in [2.24, 2.45) is 0 Å². The summed E-state index contributed by atoms with van der Waals surface area (Å²) in [6.45, 7) is 3.89. The zero-order valence-corrected chi connectivity index (χ0v) is 17.9. The average molecular weight is 443 g/mol. The van der Waals surface area contributed by atoms with E-state index < -0.39 is 36.0 Å². The van der Waals surface area contributed by atoms with Crippen molar-refractivity contribution in [1.29, 1.82) is 0 Å².